The Morgan fingerprint density at radius 2 is 2.22 bits per heavy atom. The highest BCUT2D eigenvalue weighted by molar-refractivity contribution is 7.09. The van der Waals surface area contributed by atoms with E-state index in [-0.39, 0.29) is 6.04 Å². The lowest BCUT2D eigenvalue weighted by Crippen LogP contribution is -2.14. The second-order valence-electron chi connectivity index (χ2n) is 4.26. The molecule has 2 N–H and O–H groups in total. The van der Waals surface area contributed by atoms with Gasteiger partial charge in [0.15, 0.2) is 0 Å². The van der Waals surface area contributed by atoms with Crippen molar-refractivity contribution in [2.24, 2.45) is 12.8 Å². The first kappa shape index (κ1) is 11.4. The number of fused-ring (bicyclic) bond motifs is 1. The van der Waals surface area contributed by atoms with Crippen molar-refractivity contribution in [2.45, 2.75) is 12.5 Å². The van der Waals surface area contributed by atoms with E-state index in [4.69, 9.17) is 5.73 Å². The van der Waals surface area contributed by atoms with E-state index in [1.807, 2.05) is 35.4 Å². The van der Waals surface area contributed by atoms with Crippen LogP contribution in [0.4, 0.5) is 0 Å². The van der Waals surface area contributed by atoms with Crippen molar-refractivity contribution in [3.63, 3.8) is 0 Å². The molecule has 2 heterocycles. The van der Waals surface area contributed by atoms with Gasteiger partial charge in [0.05, 0.1) is 22.3 Å². The van der Waals surface area contributed by atoms with Crippen molar-refractivity contribution in [1.82, 2.24) is 14.8 Å². The summed E-state index contributed by atoms with van der Waals surface area (Å²) in [7, 11) is 1.95. The number of aryl methyl sites for hydroxylation is 1. The van der Waals surface area contributed by atoms with Crippen LogP contribution in [0.1, 0.15) is 16.7 Å². The minimum atomic E-state index is -0.109. The maximum atomic E-state index is 6.26. The molecule has 0 amide bonds. The quantitative estimate of drug-likeness (QED) is 0.784. The van der Waals surface area contributed by atoms with Crippen LogP contribution in [0.3, 0.4) is 0 Å². The molecule has 0 radical (unpaired) electrons. The van der Waals surface area contributed by atoms with Crippen molar-refractivity contribution >= 4 is 22.2 Å². The smallest absolute Gasteiger partial charge is 0.0944 e. The normalized spacial score (nSPS) is 13.0. The summed E-state index contributed by atoms with van der Waals surface area (Å²) < 4.78 is 1.88. The second kappa shape index (κ2) is 4.51. The fraction of sp³-hybridized carbons (Fsp3) is 0.231. The molecule has 1 aromatic carbocycles. The molecule has 0 aliphatic rings. The van der Waals surface area contributed by atoms with Gasteiger partial charge >= 0.3 is 0 Å². The van der Waals surface area contributed by atoms with E-state index in [2.05, 4.69) is 22.2 Å². The molecule has 3 aromatic rings. The Labute approximate surface area is 109 Å². The lowest BCUT2D eigenvalue weighted by atomic mass is 10.1. The molecular weight excluding hydrogens is 244 g/mol. The van der Waals surface area contributed by atoms with E-state index < -0.39 is 0 Å². The van der Waals surface area contributed by atoms with E-state index in [1.54, 1.807) is 11.3 Å². The first-order valence-electron chi connectivity index (χ1n) is 5.81. The number of benzene rings is 1. The molecule has 4 nitrogen and oxygen atoms in total. The highest BCUT2D eigenvalue weighted by Gasteiger charge is 2.16. The summed E-state index contributed by atoms with van der Waals surface area (Å²) in [5.74, 6) is 0. The maximum absolute atomic E-state index is 6.26. The van der Waals surface area contributed by atoms with Gasteiger partial charge in [0, 0.05) is 30.4 Å². The van der Waals surface area contributed by atoms with Crippen LogP contribution in [0.25, 0.3) is 10.9 Å². The standard InChI is InChI=1S/C13H14N4S/c1-17-11-5-3-2-4-9(11)13(16-17)10(14)8-12-15-6-7-18-12/h2-7,10H,8,14H2,1H3. The molecule has 0 fully saturated rings. The molecule has 0 saturated carbocycles. The van der Waals surface area contributed by atoms with E-state index in [0.29, 0.717) is 0 Å². The zero-order valence-electron chi connectivity index (χ0n) is 10.1. The Morgan fingerprint density at radius 3 is 3.00 bits per heavy atom. The minimum Gasteiger partial charge on any atom is -0.322 e. The molecule has 1 atom stereocenters. The van der Waals surface area contributed by atoms with E-state index in [9.17, 15) is 0 Å². The minimum absolute atomic E-state index is 0.109. The number of para-hydroxylation sites is 1. The Bertz CT molecular complexity index is 657. The molecule has 3 rings (SSSR count). The van der Waals surface area contributed by atoms with Crippen LogP contribution in [-0.4, -0.2) is 14.8 Å². The molecule has 1 unspecified atom stereocenters. The van der Waals surface area contributed by atoms with Crippen LogP contribution >= 0.6 is 11.3 Å². The highest BCUT2D eigenvalue weighted by Crippen LogP contribution is 2.24. The molecule has 0 saturated heterocycles. The number of nitrogens with two attached hydrogens (primary N) is 1. The molecule has 0 aliphatic carbocycles. The van der Waals surface area contributed by atoms with Crippen molar-refractivity contribution in [3.05, 3.63) is 46.5 Å². The molecular formula is C13H14N4S. The van der Waals surface area contributed by atoms with Crippen molar-refractivity contribution in [3.8, 4) is 0 Å². The van der Waals surface area contributed by atoms with Crippen LogP contribution in [0.2, 0.25) is 0 Å². The van der Waals surface area contributed by atoms with Gasteiger partial charge in [-0.15, -0.1) is 11.3 Å². The first-order chi connectivity index (χ1) is 8.75. The summed E-state index contributed by atoms with van der Waals surface area (Å²) in [5.41, 5.74) is 8.32. The fourth-order valence-electron chi connectivity index (χ4n) is 2.15. The molecule has 0 bridgehead atoms. The monoisotopic (exact) mass is 258 g/mol. The van der Waals surface area contributed by atoms with Crippen molar-refractivity contribution < 1.29 is 0 Å². The predicted octanol–water partition coefficient (Wildman–Crippen LogP) is 2.27. The fourth-order valence-corrected chi connectivity index (χ4v) is 2.83. The summed E-state index contributed by atoms with van der Waals surface area (Å²) in [4.78, 5) is 4.27. The van der Waals surface area contributed by atoms with E-state index in [0.717, 1.165) is 28.0 Å². The van der Waals surface area contributed by atoms with Crippen LogP contribution in [-0.2, 0) is 13.5 Å². The van der Waals surface area contributed by atoms with Crippen molar-refractivity contribution in [1.29, 1.82) is 0 Å². The summed E-state index contributed by atoms with van der Waals surface area (Å²) >= 11 is 1.63. The molecule has 0 aliphatic heterocycles. The number of hydrogen-bond acceptors (Lipinski definition) is 4. The van der Waals surface area contributed by atoms with Gasteiger partial charge in [-0.3, -0.25) is 4.68 Å². The number of nitrogens with zero attached hydrogens (tertiary/aromatic N) is 3. The predicted molar refractivity (Wildman–Crippen MR) is 73.5 cm³/mol. The number of aromatic nitrogens is 3. The maximum Gasteiger partial charge on any atom is 0.0944 e. The van der Waals surface area contributed by atoms with Gasteiger partial charge in [0.25, 0.3) is 0 Å². The van der Waals surface area contributed by atoms with E-state index >= 15 is 0 Å². The van der Waals surface area contributed by atoms with Gasteiger partial charge in [-0.25, -0.2) is 4.98 Å². The van der Waals surface area contributed by atoms with Crippen molar-refractivity contribution in [2.75, 3.05) is 0 Å². The highest BCUT2D eigenvalue weighted by atomic mass is 32.1. The van der Waals surface area contributed by atoms with Gasteiger partial charge < -0.3 is 5.73 Å². The Kier molecular flexibility index (Phi) is 2.85. The summed E-state index contributed by atoms with van der Waals surface area (Å²) in [5, 5.41) is 8.69. The topological polar surface area (TPSA) is 56.7 Å². The number of hydrogen-bond donors (Lipinski definition) is 1. The lowest BCUT2D eigenvalue weighted by molar-refractivity contribution is 0.663. The average Bonchev–Trinajstić information content (AvgIpc) is 2.98. The number of thiazole rings is 1. The summed E-state index contributed by atoms with van der Waals surface area (Å²) in [6.07, 6.45) is 2.54. The van der Waals surface area contributed by atoms with Crippen LogP contribution in [0.5, 0.6) is 0 Å². The first-order valence-corrected chi connectivity index (χ1v) is 6.69. The zero-order valence-corrected chi connectivity index (χ0v) is 10.9. The third kappa shape index (κ3) is 1.91. The van der Waals surface area contributed by atoms with Crippen LogP contribution in [0.15, 0.2) is 35.8 Å². The largest absolute Gasteiger partial charge is 0.322 e. The Balaban J connectivity index is 1.98. The van der Waals surface area contributed by atoms with E-state index in [1.165, 1.54) is 0 Å². The van der Waals surface area contributed by atoms with Gasteiger partial charge in [-0.2, -0.15) is 5.10 Å². The molecule has 92 valence electrons. The number of rotatable bonds is 3. The van der Waals surface area contributed by atoms with Gasteiger partial charge in [-0.1, -0.05) is 18.2 Å². The average molecular weight is 258 g/mol. The second-order valence-corrected chi connectivity index (χ2v) is 5.24. The SMILES string of the molecule is Cn1nc(C(N)Cc2nccs2)c2ccccc21. The Hall–Kier alpha value is -1.72. The third-order valence-corrected chi connectivity index (χ3v) is 3.82. The van der Waals surface area contributed by atoms with Gasteiger partial charge in [0.2, 0.25) is 0 Å². The molecule has 0 spiro atoms. The summed E-state index contributed by atoms with van der Waals surface area (Å²) in [6, 6.07) is 8.05. The lowest BCUT2D eigenvalue weighted by Gasteiger charge is -2.06. The Morgan fingerprint density at radius 1 is 1.39 bits per heavy atom. The molecule has 5 heteroatoms. The van der Waals surface area contributed by atoms with Crippen LogP contribution in [0, 0.1) is 0 Å². The van der Waals surface area contributed by atoms with Gasteiger partial charge in [-0.05, 0) is 6.07 Å². The molecule has 18 heavy (non-hydrogen) atoms. The third-order valence-electron chi connectivity index (χ3n) is 3.02. The van der Waals surface area contributed by atoms with Gasteiger partial charge in [0.1, 0.15) is 0 Å². The van der Waals surface area contributed by atoms with Crippen LogP contribution < -0.4 is 5.73 Å². The zero-order chi connectivity index (χ0) is 12.5. The molecule has 2 aromatic heterocycles. The summed E-state index contributed by atoms with van der Waals surface area (Å²) in [6.45, 7) is 0.